The standard InChI is InChI=1S/C19H25N7O2/c1-21-18(24-13-15-4-2-5-16(12-15)28-14-17(20)27)25-8-10-26(11-9-25)19-22-6-3-7-23-19/h2-7,12H,8-11,13-14H2,1H3,(H2,20,27)(H,21,24). The number of nitrogens with zero attached hydrogens (tertiary/aromatic N) is 5. The molecule has 0 spiro atoms. The number of primary amides is 1. The lowest BCUT2D eigenvalue weighted by Crippen LogP contribution is -2.52. The fourth-order valence-electron chi connectivity index (χ4n) is 2.99. The van der Waals surface area contributed by atoms with E-state index in [1.807, 2.05) is 24.3 Å². The minimum absolute atomic E-state index is 0.131. The van der Waals surface area contributed by atoms with Gasteiger partial charge in [0, 0.05) is 52.2 Å². The van der Waals surface area contributed by atoms with E-state index < -0.39 is 5.91 Å². The molecule has 3 rings (SSSR count). The molecular formula is C19H25N7O2. The Hall–Kier alpha value is -3.36. The van der Waals surface area contributed by atoms with Gasteiger partial charge in [-0.15, -0.1) is 0 Å². The highest BCUT2D eigenvalue weighted by Crippen LogP contribution is 2.14. The zero-order chi connectivity index (χ0) is 19.8. The number of guanidine groups is 1. The molecule has 1 aromatic carbocycles. The van der Waals surface area contributed by atoms with E-state index in [0.717, 1.165) is 43.7 Å². The summed E-state index contributed by atoms with van der Waals surface area (Å²) in [7, 11) is 1.78. The second-order valence-electron chi connectivity index (χ2n) is 6.33. The predicted octanol–water partition coefficient (Wildman–Crippen LogP) is 0.238. The molecule has 1 aliphatic heterocycles. The molecule has 0 radical (unpaired) electrons. The van der Waals surface area contributed by atoms with Crippen molar-refractivity contribution in [3.63, 3.8) is 0 Å². The molecule has 2 heterocycles. The third-order valence-electron chi connectivity index (χ3n) is 4.36. The van der Waals surface area contributed by atoms with E-state index in [0.29, 0.717) is 12.3 Å². The van der Waals surface area contributed by atoms with E-state index in [1.54, 1.807) is 25.5 Å². The zero-order valence-electron chi connectivity index (χ0n) is 15.9. The smallest absolute Gasteiger partial charge is 0.255 e. The number of nitrogens with two attached hydrogens (primary N) is 1. The van der Waals surface area contributed by atoms with Crippen LogP contribution in [-0.2, 0) is 11.3 Å². The number of rotatable bonds is 6. The van der Waals surface area contributed by atoms with E-state index in [9.17, 15) is 4.79 Å². The highest BCUT2D eigenvalue weighted by molar-refractivity contribution is 5.80. The number of ether oxygens (including phenoxy) is 1. The fourth-order valence-corrected chi connectivity index (χ4v) is 2.99. The Morgan fingerprint density at radius 1 is 1.21 bits per heavy atom. The molecule has 0 aliphatic carbocycles. The molecule has 9 heteroatoms. The lowest BCUT2D eigenvalue weighted by Gasteiger charge is -2.36. The van der Waals surface area contributed by atoms with E-state index in [-0.39, 0.29) is 6.61 Å². The third-order valence-corrected chi connectivity index (χ3v) is 4.36. The van der Waals surface area contributed by atoms with Gasteiger partial charge in [-0.05, 0) is 23.8 Å². The molecule has 3 N–H and O–H groups in total. The van der Waals surface area contributed by atoms with Crippen LogP contribution in [0.5, 0.6) is 5.75 Å². The minimum atomic E-state index is -0.496. The summed E-state index contributed by atoms with van der Waals surface area (Å²) in [4.78, 5) is 28.3. The molecule has 2 aromatic rings. The summed E-state index contributed by atoms with van der Waals surface area (Å²) in [6.45, 7) is 3.80. The van der Waals surface area contributed by atoms with Crippen LogP contribution in [0.2, 0.25) is 0 Å². The highest BCUT2D eigenvalue weighted by atomic mass is 16.5. The van der Waals surface area contributed by atoms with Crippen LogP contribution >= 0.6 is 0 Å². The second-order valence-corrected chi connectivity index (χ2v) is 6.33. The minimum Gasteiger partial charge on any atom is -0.484 e. The first-order chi connectivity index (χ1) is 13.7. The maximum atomic E-state index is 10.9. The lowest BCUT2D eigenvalue weighted by molar-refractivity contribution is -0.119. The maximum Gasteiger partial charge on any atom is 0.255 e. The van der Waals surface area contributed by atoms with Gasteiger partial charge in [-0.25, -0.2) is 9.97 Å². The molecular weight excluding hydrogens is 358 g/mol. The number of benzene rings is 1. The lowest BCUT2D eigenvalue weighted by atomic mass is 10.2. The van der Waals surface area contributed by atoms with Crippen LogP contribution in [0.1, 0.15) is 5.56 Å². The van der Waals surface area contributed by atoms with E-state index in [2.05, 4.69) is 30.1 Å². The molecule has 0 bridgehead atoms. The van der Waals surface area contributed by atoms with Gasteiger partial charge in [0.1, 0.15) is 5.75 Å². The number of piperazine rings is 1. The van der Waals surface area contributed by atoms with E-state index >= 15 is 0 Å². The molecule has 1 aliphatic rings. The number of aliphatic imine (C=N–C) groups is 1. The van der Waals surface area contributed by atoms with Gasteiger partial charge >= 0.3 is 0 Å². The predicted molar refractivity (Wildman–Crippen MR) is 107 cm³/mol. The van der Waals surface area contributed by atoms with Crippen LogP contribution in [0.3, 0.4) is 0 Å². The van der Waals surface area contributed by atoms with Crippen molar-refractivity contribution >= 4 is 17.8 Å². The van der Waals surface area contributed by atoms with Crippen LogP contribution in [0.15, 0.2) is 47.7 Å². The number of nitrogens with one attached hydrogen (secondary N) is 1. The second kappa shape index (κ2) is 9.54. The molecule has 1 saturated heterocycles. The van der Waals surface area contributed by atoms with Crippen molar-refractivity contribution in [2.75, 3.05) is 44.7 Å². The van der Waals surface area contributed by atoms with Crippen LogP contribution in [-0.4, -0.2) is 66.6 Å². The van der Waals surface area contributed by atoms with Crippen molar-refractivity contribution < 1.29 is 9.53 Å². The van der Waals surface area contributed by atoms with Crippen molar-refractivity contribution in [1.29, 1.82) is 0 Å². The van der Waals surface area contributed by atoms with Gasteiger partial charge in [-0.1, -0.05) is 12.1 Å². The topological polar surface area (TPSA) is 109 Å². The molecule has 9 nitrogen and oxygen atoms in total. The van der Waals surface area contributed by atoms with Crippen LogP contribution in [0, 0.1) is 0 Å². The van der Waals surface area contributed by atoms with Crippen molar-refractivity contribution in [2.24, 2.45) is 10.7 Å². The number of hydrogen-bond acceptors (Lipinski definition) is 6. The van der Waals surface area contributed by atoms with Gasteiger partial charge < -0.3 is 25.6 Å². The Bertz CT molecular complexity index is 805. The number of carbonyl (C=O) groups excluding carboxylic acids is 1. The Labute approximate surface area is 164 Å². The number of amides is 1. The monoisotopic (exact) mass is 383 g/mol. The maximum absolute atomic E-state index is 10.9. The third kappa shape index (κ3) is 5.32. The Morgan fingerprint density at radius 3 is 2.64 bits per heavy atom. The molecule has 28 heavy (non-hydrogen) atoms. The molecule has 1 amide bonds. The largest absolute Gasteiger partial charge is 0.484 e. The van der Waals surface area contributed by atoms with E-state index in [4.69, 9.17) is 10.5 Å². The van der Waals surface area contributed by atoms with E-state index in [1.165, 1.54) is 0 Å². The van der Waals surface area contributed by atoms with Gasteiger partial charge in [-0.2, -0.15) is 0 Å². The highest BCUT2D eigenvalue weighted by Gasteiger charge is 2.20. The quantitative estimate of drug-likeness (QED) is 0.543. The fraction of sp³-hybridized carbons (Fsp3) is 0.368. The molecule has 148 valence electrons. The molecule has 0 unspecified atom stereocenters. The Kier molecular flexibility index (Phi) is 6.61. The van der Waals surface area contributed by atoms with Crippen LogP contribution in [0.25, 0.3) is 0 Å². The SMILES string of the molecule is CN=C(NCc1cccc(OCC(N)=O)c1)N1CCN(c2ncccn2)CC1. The Balaban J connectivity index is 1.51. The van der Waals surface area contributed by atoms with Gasteiger partial charge in [0.05, 0.1) is 0 Å². The van der Waals surface area contributed by atoms with Crippen molar-refractivity contribution in [3.8, 4) is 5.75 Å². The summed E-state index contributed by atoms with van der Waals surface area (Å²) in [5.41, 5.74) is 6.14. The molecule has 0 atom stereocenters. The molecule has 1 aromatic heterocycles. The first kappa shape index (κ1) is 19.4. The van der Waals surface area contributed by atoms with Crippen LogP contribution in [0.4, 0.5) is 5.95 Å². The summed E-state index contributed by atoms with van der Waals surface area (Å²) < 4.78 is 5.35. The number of carbonyl (C=O) groups is 1. The summed E-state index contributed by atoms with van der Waals surface area (Å²) >= 11 is 0. The van der Waals surface area contributed by atoms with Gasteiger partial charge in [0.2, 0.25) is 5.95 Å². The average Bonchev–Trinajstić information content (AvgIpc) is 2.74. The zero-order valence-corrected chi connectivity index (χ0v) is 15.9. The molecule has 0 saturated carbocycles. The molecule has 1 fully saturated rings. The first-order valence-electron chi connectivity index (χ1n) is 9.13. The van der Waals surface area contributed by atoms with Crippen molar-refractivity contribution in [1.82, 2.24) is 20.2 Å². The number of aromatic nitrogens is 2. The van der Waals surface area contributed by atoms with Gasteiger partial charge in [-0.3, -0.25) is 9.79 Å². The van der Waals surface area contributed by atoms with Crippen molar-refractivity contribution in [2.45, 2.75) is 6.54 Å². The first-order valence-corrected chi connectivity index (χ1v) is 9.13. The summed E-state index contributed by atoms with van der Waals surface area (Å²) in [6, 6.07) is 9.37. The van der Waals surface area contributed by atoms with Gasteiger partial charge in [0.25, 0.3) is 5.91 Å². The number of anilines is 1. The Morgan fingerprint density at radius 2 is 1.96 bits per heavy atom. The normalized spacial score (nSPS) is 14.7. The van der Waals surface area contributed by atoms with Gasteiger partial charge in [0.15, 0.2) is 12.6 Å². The summed E-state index contributed by atoms with van der Waals surface area (Å²) in [6.07, 6.45) is 3.52. The summed E-state index contributed by atoms with van der Waals surface area (Å²) in [5.74, 6) is 1.73. The average molecular weight is 383 g/mol. The van der Waals surface area contributed by atoms with Crippen molar-refractivity contribution in [3.05, 3.63) is 48.3 Å². The van der Waals surface area contributed by atoms with Crippen LogP contribution < -0.4 is 20.7 Å². The summed E-state index contributed by atoms with van der Waals surface area (Å²) in [5, 5.41) is 3.38. The number of hydrogen-bond donors (Lipinski definition) is 2.